The number of ether oxygens (including phenoxy) is 1. The molecular weight excluding hydrogens is 342 g/mol. The number of hydrogen-bond donors (Lipinski definition) is 0. The van der Waals surface area contributed by atoms with E-state index in [9.17, 15) is 4.79 Å². The van der Waals surface area contributed by atoms with Crippen molar-refractivity contribution in [2.75, 3.05) is 6.61 Å². The maximum atomic E-state index is 12.3. The molecule has 110 valence electrons. The van der Waals surface area contributed by atoms with Crippen molar-refractivity contribution in [2.24, 2.45) is 0 Å². The van der Waals surface area contributed by atoms with Crippen LogP contribution >= 0.6 is 15.9 Å². The van der Waals surface area contributed by atoms with Gasteiger partial charge in [0, 0.05) is 22.5 Å². The van der Waals surface area contributed by atoms with Crippen molar-refractivity contribution in [3.8, 4) is 0 Å². The minimum absolute atomic E-state index is 0.314. The van der Waals surface area contributed by atoms with Crippen molar-refractivity contribution in [3.05, 3.63) is 76.4 Å². The quantitative estimate of drug-likeness (QED) is 0.651. The first kappa shape index (κ1) is 14.7. The smallest absolute Gasteiger partial charge is 0.338 e. The van der Waals surface area contributed by atoms with Gasteiger partial charge in [0.1, 0.15) is 0 Å². The van der Waals surface area contributed by atoms with Crippen molar-refractivity contribution in [3.63, 3.8) is 0 Å². The van der Waals surface area contributed by atoms with Gasteiger partial charge in [-0.05, 0) is 23.8 Å². The highest BCUT2D eigenvalue weighted by Gasteiger charge is 2.11. The molecule has 4 heteroatoms. The molecule has 3 nitrogen and oxygen atoms in total. The first-order valence-corrected chi connectivity index (χ1v) is 7.79. The average molecular weight is 356 g/mol. The molecule has 1 heterocycles. The van der Waals surface area contributed by atoms with Gasteiger partial charge in [-0.3, -0.25) is 4.98 Å². The SMILES string of the molecule is O=C(OCCc1ccccc1Br)c1ccnc2ccccc12. The summed E-state index contributed by atoms with van der Waals surface area (Å²) in [6.45, 7) is 0.345. The van der Waals surface area contributed by atoms with Crippen LogP contribution in [0.1, 0.15) is 15.9 Å². The number of hydrogen-bond acceptors (Lipinski definition) is 3. The Hall–Kier alpha value is -2.20. The van der Waals surface area contributed by atoms with E-state index >= 15 is 0 Å². The Morgan fingerprint density at radius 2 is 1.82 bits per heavy atom. The number of carbonyl (C=O) groups excluding carboxylic acids is 1. The number of aromatic nitrogens is 1. The standard InChI is InChI=1S/C18H14BrNO2/c19-16-7-3-1-5-13(16)10-12-22-18(21)15-9-11-20-17-8-4-2-6-14(15)17/h1-9,11H,10,12H2. The molecule has 3 rings (SSSR count). The third-order valence-electron chi connectivity index (χ3n) is 3.43. The molecule has 0 spiro atoms. The fourth-order valence-corrected chi connectivity index (χ4v) is 2.79. The van der Waals surface area contributed by atoms with Gasteiger partial charge in [-0.25, -0.2) is 4.79 Å². The maximum Gasteiger partial charge on any atom is 0.338 e. The molecule has 0 atom stereocenters. The van der Waals surface area contributed by atoms with Crippen LogP contribution in [0, 0.1) is 0 Å². The highest BCUT2D eigenvalue weighted by atomic mass is 79.9. The van der Waals surface area contributed by atoms with E-state index in [1.54, 1.807) is 12.3 Å². The number of esters is 1. The summed E-state index contributed by atoms with van der Waals surface area (Å²) < 4.78 is 6.44. The minimum Gasteiger partial charge on any atom is -0.462 e. The minimum atomic E-state index is -0.314. The molecule has 0 aliphatic rings. The predicted octanol–water partition coefficient (Wildman–Crippen LogP) is 4.40. The Balaban J connectivity index is 1.70. The Morgan fingerprint density at radius 1 is 1.05 bits per heavy atom. The van der Waals surface area contributed by atoms with Crippen LogP contribution in [0.2, 0.25) is 0 Å². The number of carbonyl (C=O) groups is 1. The summed E-state index contributed by atoms with van der Waals surface area (Å²) in [6.07, 6.45) is 2.31. The van der Waals surface area contributed by atoms with Crippen LogP contribution in [0.4, 0.5) is 0 Å². The van der Waals surface area contributed by atoms with E-state index in [-0.39, 0.29) is 5.97 Å². The van der Waals surface area contributed by atoms with E-state index in [2.05, 4.69) is 20.9 Å². The molecule has 0 aliphatic carbocycles. The number of para-hydroxylation sites is 1. The van der Waals surface area contributed by atoms with Crippen LogP contribution < -0.4 is 0 Å². The lowest BCUT2D eigenvalue weighted by Gasteiger charge is -2.08. The molecule has 0 fully saturated rings. The average Bonchev–Trinajstić information content (AvgIpc) is 2.56. The molecule has 0 saturated heterocycles. The van der Waals surface area contributed by atoms with E-state index in [1.807, 2.05) is 48.5 Å². The third kappa shape index (κ3) is 3.17. The number of pyridine rings is 1. The number of nitrogens with zero attached hydrogens (tertiary/aromatic N) is 1. The van der Waals surface area contributed by atoms with E-state index in [0.29, 0.717) is 18.6 Å². The zero-order valence-corrected chi connectivity index (χ0v) is 13.4. The van der Waals surface area contributed by atoms with Crippen molar-refractivity contribution in [1.29, 1.82) is 0 Å². The lowest BCUT2D eigenvalue weighted by atomic mass is 10.1. The van der Waals surface area contributed by atoms with Crippen LogP contribution in [-0.4, -0.2) is 17.6 Å². The highest BCUT2D eigenvalue weighted by Crippen LogP contribution is 2.18. The molecular formula is C18H14BrNO2. The molecule has 0 radical (unpaired) electrons. The van der Waals surface area contributed by atoms with Crippen molar-refractivity contribution >= 4 is 32.8 Å². The molecule has 0 aliphatic heterocycles. The summed E-state index contributed by atoms with van der Waals surface area (Å²) in [4.78, 5) is 16.5. The Labute approximate surface area is 137 Å². The van der Waals surface area contributed by atoms with Gasteiger partial charge >= 0.3 is 5.97 Å². The van der Waals surface area contributed by atoms with Crippen LogP contribution in [-0.2, 0) is 11.2 Å². The Kier molecular flexibility index (Phi) is 4.49. The van der Waals surface area contributed by atoms with Crippen molar-refractivity contribution in [1.82, 2.24) is 4.98 Å². The summed E-state index contributed by atoms with van der Waals surface area (Å²) in [5.74, 6) is -0.314. The van der Waals surface area contributed by atoms with Crippen molar-refractivity contribution in [2.45, 2.75) is 6.42 Å². The van der Waals surface area contributed by atoms with Gasteiger partial charge in [0.15, 0.2) is 0 Å². The molecule has 2 aromatic carbocycles. The highest BCUT2D eigenvalue weighted by molar-refractivity contribution is 9.10. The maximum absolute atomic E-state index is 12.3. The van der Waals surface area contributed by atoms with Gasteiger partial charge in [0.05, 0.1) is 17.7 Å². The second kappa shape index (κ2) is 6.71. The second-order valence-electron chi connectivity index (χ2n) is 4.85. The van der Waals surface area contributed by atoms with Gasteiger partial charge in [0.25, 0.3) is 0 Å². The summed E-state index contributed by atoms with van der Waals surface area (Å²) in [6, 6.07) is 17.2. The summed E-state index contributed by atoms with van der Waals surface area (Å²) in [7, 11) is 0. The number of fused-ring (bicyclic) bond motifs is 1. The second-order valence-corrected chi connectivity index (χ2v) is 5.71. The van der Waals surface area contributed by atoms with Crippen molar-refractivity contribution < 1.29 is 9.53 Å². The number of rotatable bonds is 4. The van der Waals surface area contributed by atoms with E-state index < -0.39 is 0 Å². The molecule has 0 amide bonds. The molecule has 1 aromatic heterocycles. The van der Waals surface area contributed by atoms with Gasteiger partial charge in [-0.15, -0.1) is 0 Å². The lowest BCUT2D eigenvalue weighted by molar-refractivity contribution is 0.0511. The number of halogens is 1. The molecule has 0 N–H and O–H groups in total. The van der Waals surface area contributed by atoms with Gasteiger partial charge in [-0.2, -0.15) is 0 Å². The molecule has 0 unspecified atom stereocenters. The van der Waals surface area contributed by atoms with E-state index in [4.69, 9.17) is 4.74 Å². The molecule has 22 heavy (non-hydrogen) atoms. The predicted molar refractivity (Wildman–Crippen MR) is 89.9 cm³/mol. The van der Waals surface area contributed by atoms with E-state index in [1.165, 1.54) is 0 Å². The van der Waals surface area contributed by atoms with Gasteiger partial charge in [0.2, 0.25) is 0 Å². The molecule has 3 aromatic rings. The molecule has 0 bridgehead atoms. The number of benzene rings is 2. The normalized spacial score (nSPS) is 10.6. The fraction of sp³-hybridized carbons (Fsp3) is 0.111. The van der Waals surface area contributed by atoms with Gasteiger partial charge in [-0.1, -0.05) is 52.3 Å². The first-order chi connectivity index (χ1) is 10.8. The topological polar surface area (TPSA) is 39.2 Å². The van der Waals surface area contributed by atoms with E-state index in [0.717, 1.165) is 20.9 Å². The summed E-state index contributed by atoms with van der Waals surface area (Å²) in [5.41, 5.74) is 2.47. The third-order valence-corrected chi connectivity index (χ3v) is 4.20. The lowest BCUT2D eigenvalue weighted by Crippen LogP contribution is -2.09. The summed E-state index contributed by atoms with van der Waals surface area (Å²) in [5, 5.41) is 0.816. The largest absolute Gasteiger partial charge is 0.462 e. The monoisotopic (exact) mass is 355 g/mol. The van der Waals surface area contributed by atoms with Crippen LogP contribution in [0.25, 0.3) is 10.9 Å². The zero-order chi connectivity index (χ0) is 15.4. The van der Waals surface area contributed by atoms with Crippen LogP contribution in [0.3, 0.4) is 0 Å². The Bertz CT molecular complexity index is 812. The zero-order valence-electron chi connectivity index (χ0n) is 11.8. The first-order valence-electron chi connectivity index (χ1n) is 7.00. The Morgan fingerprint density at radius 3 is 2.68 bits per heavy atom. The van der Waals surface area contributed by atoms with Crippen LogP contribution in [0.15, 0.2) is 65.3 Å². The fourth-order valence-electron chi connectivity index (χ4n) is 2.31. The molecule has 0 saturated carbocycles. The van der Waals surface area contributed by atoms with Crippen LogP contribution in [0.5, 0.6) is 0 Å². The summed E-state index contributed by atoms with van der Waals surface area (Å²) >= 11 is 3.49. The van der Waals surface area contributed by atoms with Gasteiger partial charge < -0.3 is 4.74 Å².